The molecule has 2 bridgehead atoms. The van der Waals surface area contributed by atoms with Crippen LogP contribution in [0.15, 0.2) is 24.3 Å². The first-order valence-electron chi connectivity index (χ1n) is 11.0. The normalized spacial score (nSPS) is 20.3. The number of hydrogen-bond acceptors (Lipinski definition) is 6. The zero-order chi connectivity index (χ0) is 26.0. The topological polar surface area (TPSA) is 76.3 Å². The average Bonchev–Trinajstić information content (AvgIpc) is 3.13. The van der Waals surface area contributed by atoms with Crippen LogP contribution in [0, 0.1) is 0 Å². The van der Waals surface area contributed by atoms with E-state index in [9.17, 15) is 26.3 Å². The van der Waals surface area contributed by atoms with Gasteiger partial charge in [0.25, 0.3) is 0 Å². The van der Waals surface area contributed by atoms with E-state index < -0.39 is 34.7 Å². The minimum absolute atomic E-state index is 0.0312. The lowest BCUT2D eigenvalue weighted by atomic mass is 9.93. The number of rotatable bonds is 3. The van der Waals surface area contributed by atoms with E-state index in [0.717, 1.165) is 18.9 Å². The van der Waals surface area contributed by atoms with Crippen molar-refractivity contribution in [1.82, 2.24) is 15.3 Å². The number of piperazine rings is 1. The number of ether oxygens (including phenoxy) is 1. The molecule has 0 saturated carbocycles. The van der Waals surface area contributed by atoms with Crippen LogP contribution in [0.25, 0.3) is 22.0 Å². The number of nitrogens with two attached hydrogens (primary N) is 1. The molecule has 0 radical (unpaired) electrons. The first kappa shape index (κ1) is 24.7. The second-order valence-electron chi connectivity index (χ2n) is 8.91. The molecule has 0 amide bonds. The molecule has 5 rings (SSSR count). The number of methoxy groups -OCH3 is 1. The molecule has 13 heteroatoms. The summed E-state index contributed by atoms with van der Waals surface area (Å²) in [6.45, 7) is 1.29. The van der Waals surface area contributed by atoms with Crippen molar-refractivity contribution in [3.63, 3.8) is 0 Å². The molecule has 2 atom stereocenters. The lowest BCUT2D eigenvalue weighted by Crippen LogP contribution is -2.51. The monoisotopic (exact) mass is 531 g/mol. The maximum absolute atomic E-state index is 14.0. The van der Waals surface area contributed by atoms with E-state index in [0.29, 0.717) is 24.3 Å². The molecule has 2 aliphatic heterocycles. The lowest BCUT2D eigenvalue weighted by molar-refractivity contribution is -0.161. The number of aromatic nitrogens is 2. The number of nitrogen functional groups attached to an aromatic ring is 1. The zero-order valence-corrected chi connectivity index (χ0v) is 19.5. The summed E-state index contributed by atoms with van der Waals surface area (Å²) in [4.78, 5) is 10.7. The lowest BCUT2D eigenvalue weighted by Gasteiger charge is -2.34. The van der Waals surface area contributed by atoms with Crippen molar-refractivity contribution >= 4 is 34.0 Å². The summed E-state index contributed by atoms with van der Waals surface area (Å²) in [6, 6.07) is 4.18. The number of hydrogen-bond donors (Lipinski definition) is 2. The van der Waals surface area contributed by atoms with Gasteiger partial charge in [-0.1, -0.05) is 11.6 Å². The van der Waals surface area contributed by atoms with Crippen molar-refractivity contribution < 1.29 is 31.1 Å². The molecule has 3 heterocycles. The molecule has 2 aliphatic rings. The third-order valence-electron chi connectivity index (χ3n) is 6.48. The van der Waals surface area contributed by atoms with Gasteiger partial charge in [-0.15, -0.1) is 0 Å². The molecular formula is C23H20ClF6N5O. The van der Waals surface area contributed by atoms with Crippen LogP contribution in [0.4, 0.5) is 37.8 Å². The second kappa shape index (κ2) is 8.55. The summed E-state index contributed by atoms with van der Waals surface area (Å²) < 4.78 is 87.9. The summed E-state index contributed by atoms with van der Waals surface area (Å²) in [7, 11) is 1.35. The standard InChI is InChI=1S/C23H20ClF6N5O/c1-36-21-33-18-7-13(14-4-10(31)5-16(22(25,26)27)19(14)23(28,29)30)17(24)6-15(18)20(34-21)35-8-11-2-3-12(9-35)32-11/h4-7,11-12,32H,2-3,8-9,31H2,1H3. The SMILES string of the molecule is COc1nc(N2CC3CCC(C2)N3)c2cc(Cl)c(-c3cc(N)cc(C(F)(F)F)c3C(F)(F)F)cc2n1. The maximum atomic E-state index is 14.0. The summed E-state index contributed by atoms with van der Waals surface area (Å²) in [5, 5.41) is 3.75. The van der Waals surface area contributed by atoms with Gasteiger partial charge in [-0.25, -0.2) is 0 Å². The molecule has 6 nitrogen and oxygen atoms in total. The van der Waals surface area contributed by atoms with E-state index in [2.05, 4.69) is 15.3 Å². The van der Waals surface area contributed by atoms with Crippen LogP contribution in [0.2, 0.25) is 5.02 Å². The van der Waals surface area contributed by atoms with Gasteiger partial charge in [0.05, 0.1) is 23.8 Å². The first-order chi connectivity index (χ1) is 16.8. The van der Waals surface area contributed by atoms with Gasteiger partial charge in [0.1, 0.15) is 5.82 Å². The molecular weight excluding hydrogens is 512 g/mol. The predicted molar refractivity (Wildman–Crippen MR) is 123 cm³/mol. The van der Waals surface area contributed by atoms with Gasteiger partial charge in [-0.3, -0.25) is 0 Å². The van der Waals surface area contributed by atoms with Gasteiger partial charge < -0.3 is 20.7 Å². The van der Waals surface area contributed by atoms with Crippen molar-refractivity contribution in [3.8, 4) is 17.1 Å². The van der Waals surface area contributed by atoms with Crippen LogP contribution >= 0.6 is 11.6 Å². The number of halogens is 7. The minimum atomic E-state index is -5.33. The Bertz CT molecular complexity index is 1330. The van der Waals surface area contributed by atoms with E-state index in [-0.39, 0.29) is 40.3 Å². The van der Waals surface area contributed by atoms with Crippen molar-refractivity contribution in [2.24, 2.45) is 0 Å². The van der Waals surface area contributed by atoms with Crippen LogP contribution in [-0.2, 0) is 12.4 Å². The first-order valence-corrected chi connectivity index (χ1v) is 11.4. The smallest absolute Gasteiger partial charge is 0.417 e. The fourth-order valence-corrected chi connectivity index (χ4v) is 5.29. The Morgan fingerprint density at radius 1 is 0.972 bits per heavy atom. The van der Waals surface area contributed by atoms with Gasteiger partial charge in [-0.05, 0) is 42.7 Å². The highest BCUT2D eigenvalue weighted by Gasteiger charge is 2.45. The van der Waals surface area contributed by atoms with Crippen LogP contribution in [0.1, 0.15) is 24.0 Å². The Morgan fingerprint density at radius 2 is 1.64 bits per heavy atom. The van der Waals surface area contributed by atoms with Crippen LogP contribution in [-0.4, -0.2) is 42.3 Å². The van der Waals surface area contributed by atoms with Crippen molar-refractivity contribution in [3.05, 3.63) is 40.4 Å². The summed E-state index contributed by atoms with van der Waals surface area (Å²) in [5.74, 6) is 0.489. The predicted octanol–water partition coefficient (Wildman–Crippen LogP) is 5.52. The Kier molecular flexibility index (Phi) is 5.86. The number of anilines is 2. The molecule has 2 aromatic carbocycles. The van der Waals surface area contributed by atoms with E-state index in [1.807, 2.05) is 4.90 Å². The Hall–Kier alpha value is -2.99. The maximum Gasteiger partial charge on any atom is 0.417 e. The second-order valence-corrected chi connectivity index (χ2v) is 9.32. The highest BCUT2D eigenvalue weighted by Crippen LogP contribution is 2.48. The Morgan fingerprint density at radius 3 is 2.22 bits per heavy atom. The molecule has 1 aromatic heterocycles. The van der Waals surface area contributed by atoms with Crippen LogP contribution < -0.4 is 20.7 Å². The summed E-state index contributed by atoms with van der Waals surface area (Å²) in [6.07, 6.45) is -8.62. The molecule has 2 fully saturated rings. The fourth-order valence-electron chi connectivity index (χ4n) is 5.03. The number of alkyl halides is 6. The minimum Gasteiger partial charge on any atom is -0.467 e. The van der Waals surface area contributed by atoms with Crippen molar-refractivity contribution in [1.29, 1.82) is 0 Å². The van der Waals surface area contributed by atoms with Gasteiger partial charge in [0.15, 0.2) is 0 Å². The highest BCUT2D eigenvalue weighted by atomic mass is 35.5. The molecule has 0 spiro atoms. The van der Waals surface area contributed by atoms with Crippen molar-refractivity contribution in [2.45, 2.75) is 37.3 Å². The molecule has 36 heavy (non-hydrogen) atoms. The van der Waals surface area contributed by atoms with Gasteiger partial charge in [0.2, 0.25) is 0 Å². The third-order valence-corrected chi connectivity index (χ3v) is 6.80. The van der Waals surface area contributed by atoms with Gasteiger partial charge in [0, 0.05) is 46.8 Å². The van der Waals surface area contributed by atoms with E-state index in [4.69, 9.17) is 22.1 Å². The fraction of sp³-hybridized carbons (Fsp3) is 0.391. The van der Waals surface area contributed by atoms with Crippen LogP contribution in [0.3, 0.4) is 0 Å². The van der Waals surface area contributed by atoms with E-state index in [1.165, 1.54) is 19.2 Å². The molecule has 0 aliphatic carbocycles. The number of nitrogens with zero attached hydrogens (tertiary/aromatic N) is 3. The van der Waals surface area contributed by atoms with Crippen LogP contribution in [0.5, 0.6) is 6.01 Å². The zero-order valence-electron chi connectivity index (χ0n) is 18.8. The number of benzene rings is 2. The molecule has 2 saturated heterocycles. The summed E-state index contributed by atoms with van der Waals surface area (Å²) >= 11 is 6.43. The molecule has 3 aromatic rings. The molecule has 192 valence electrons. The van der Waals surface area contributed by atoms with E-state index >= 15 is 0 Å². The highest BCUT2D eigenvalue weighted by molar-refractivity contribution is 6.34. The number of fused-ring (bicyclic) bond motifs is 3. The summed E-state index contributed by atoms with van der Waals surface area (Å²) in [5.41, 5.74) is 0.443. The average molecular weight is 532 g/mol. The van der Waals surface area contributed by atoms with Gasteiger partial charge in [-0.2, -0.15) is 36.3 Å². The Balaban J connectivity index is 1.74. The quantitative estimate of drug-likeness (QED) is 0.342. The largest absolute Gasteiger partial charge is 0.467 e. The molecule has 2 unspecified atom stereocenters. The third kappa shape index (κ3) is 4.36. The molecule has 3 N–H and O–H groups in total. The number of nitrogens with one attached hydrogen (secondary N) is 1. The Labute approximate surface area is 206 Å². The van der Waals surface area contributed by atoms with Crippen molar-refractivity contribution in [2.75, 3.05) is 30.8 Å². The van der Waals surface area contributed by atoms with Gasteiger partial charge >= 0.3 is 18.4 Å². The van der Waals surface area contributed by atoms with E-state index in [1.54, 1.807) is 0 Å².